The quantitative estimate of drug-likeness (QED) is 0.345. The van der Waals surface area contributed by atoms with E-state index in [2.05, 4.69) is 0 Å². The number of carbonyl (C=O) groups excluding carboxylic acids is 2. The lowest BCUT2D eigenvalue weighted by Crippen LogP contribution is -2.16. The number of esters is 1. The Kier molecular flexibility index (Phi) is 6.26. The van der Waals surface area contributed by atoms with Crippen molar-refractivity contribution in [2.45, 2.75) is 13.8 Å². The standard InChI is InChI=1S/C21H20O3/c1-3-24-21(23)19(15-18-12-8-5-9-13-18)20(22)16(2)14-17-10-6-4-7-11-17/h4-15H,3H2,1-2H3/b16-14+,19-15-. The van der Waals surface area contributed by atoms with E-state index in [-0.39, 0.29) is 18.0 Å². The number of rotatable bonds is 6. The van der Waals surface area contributed by atoms with Crippen molar-refractivity contribution in [3.8, 4) is 0 Å². The molecule has 0 aromatic heterocycles. The summed E-state index contributed by atoms with van der Waals surface area (Å²) < 4.78 is 5.04. The van der Waals surface area contributed by atoms with Crippen LogP contribution in [0.2, 0.25) is 0 Å². The number of hydrogen-bond acceptors (Lipinski definition) is 3. The number of allylic oxidation sites excluding steroid dienone is 1. The Labute approximate surface area is 142 Å². The Morgan fingerprint density at radius 3 is 1.88 bits per heavy atom. The normalized spacial score (nSPS) is 11.9. The molecule has 3 heteroatoms. The molecule has 0 heterocycles. The van der Waals surface area contributed by atoms with Crippen LogP contribution in [-0.4, -0.2) is 18.4 Å². The van der Waals surface area contributed by atoms with Crippen LogP contribution < -0.4 is 0 Å². The van der Waals surface area contributed by atoms with Crippen LogP contribution in [0.15, 0.2) is 71.8 Å². The number of benzene rings is 2. The molecule has 0 saturated heterocycles. The van der Waals surface area contributed by atoms with Gasteiger partial charge in [0.15, 0.2) is 5.78 Å². The van der Waals surface area contributed by atoms with Gasteiger partial charge in [-0.05, 0) is 42.7 Å². The molecule has 0 aliphatic heterocycles. The predicted octanol–water partition coefficient (Wildman–Crippen LogP) is 4.31. The van der Waals surface area contributed by atoms with Gasteiger partial charge in [0.2, 0.25) is 0 Å². The van der Waals surface area contributed by atoms with Crippen molar-refractivity contribution in [2.24, 2.45) is 0 Å². The first-order valence-corrected chi connectivity index (χ1v) is 7.83. The number of carbonyl (C=O) groups is 2. The number of hydrogen-bond donors (Lipinski definition) is 0. The third-order valence-electron chi connectivity index (χ3n) is 3.39. The summed E-state index contributed by atoms with van der Waals surface area (Å²) in [6.07, 6.45) is 3.34. The number of ether oxygens (including phenoxy) is 1. The Balaban J connectivity index is 2.36. The molecule has 0 amide bonds. The van der Waals surface area contributed by atoms with Crippen molar-refractivity contribution in [3.63, 3.8) is 0 Å². The van der Waals surface area contributed by atoms with Gasteiger partial charge in [-0.15, -0.1) is 0 Å². The summed E-state index contributed by atoms with van der Waals surface area (Å²) in [6.45, 7) is 3.64. The summed E-state index contributed by atoms with van der Waals surface area (Å²) in [7, 11) is 0. The average Bonchev–Trinajstić information content (AvgIpc) is 2.61. The molecule has 0 aliphatic rings. The molecule has 0 fully saturated rings. The zero-order chi connectivity index (χ0) is 17.4. The zero-order valence-electron chi connectivity index (χ0n) is 13.9. The molecule has 0 atom stereocenters. The summed E-state index contributed by atoms with van der Waals surface area (Å²) in [5.74, 6) is -0.937. The topological polar surface area (TPSA) is 43.4 Å². The fourth-order valence-corrected chi connectivity index (χ4v) is 2.22. The maximum Gasteiger partial charge on any atom is 0.342 e. The van der Waals surface area contributed by atoms with Gasteiger partial charge in [-0.1, -0.05) is 60.7 Å². The Morgan fingerprint density at radius 1 is 0.875 bits per heavy atom. The molecule has 2 rings (SSSR count). The summed E-state index contributed by atoms with van der Waals surface area (Å²) >= 11 is 0. The molecule has 3 nitrogen and oxygen atoms in total. The van der Waals surface area contributed by atoms with Gasteiger partial charge in [-0.2, -0.15) is 0 Å². The van der Waals surface area contributed by atoms with Gasteiger partial charge in [0.1, 0.15) is 5.57 Å². The first-order chi connectivity index (χ1) is 11.6. The Hall–Kier alpha value is -2.94. The SMILES string of the molecule is CCOC(=O)/C(=C\c1ccccc1)C(=O)/C(C)=C/c1ccccc1. The van der Waals surface area contributed by atoms with E-state index in [0.29, 0.717) is 5.57 Å². The van der Waals surface area contributed by atoms with Crippen molar-refractivity contribution in [3.05, 3.63) is 82.9 Å². The predicted molar refractivity (Wildman–Crippen MR) is 96.2 cm³/mol. The highest BCUT2D eigenvalue weighted by Gasteiger charge is 2.20. The lowest BCUT2D eigenvalue weighted by Gasteiger charge is -2.07. The van der Waals surface area contributed by atoms with Crippen LogP contribution in [0.5, 0.6) is 0 Å². The second kappa shape index (κ2) is 8.63. The molecular formula is C21H20O3. The van der Waals surface area contributed by atoms with E-state index >= 15 is 0 Å². The molecule has 122 valence electrons. The summed E-state index contributed by atoms with van der Waals surface area (Å²) in [6, 6.07) is 18.8. The fraction of sp³-hybridized carbons (Fsp3) is 0.143. The minimum absolute atomic E-state index is 0.0349. The van der Waals surface area contributed by atoms with Crippen molar-refractivity contribution < 1.29 is 14.3 Å². The zero-order valence-corrected chi connectivity index (χ0v) is 13.9. The van der Waals surface area contributed by atoms with Gasteiger partial charge >= 0.3 is 5.97 Å². The van der Waals surface area contributed by atoms with E-state index < -0.39 is 5.97 Å². The first kappa shape index (κ1) is 17.4. The van der Waals surface area contributed by atoms with Crippen LogP contribution in [0.3, 0.4) is 0 Å². The summed E-state index contributed by atoms with van der Waals surface area (Å²) in [5, 5.41) is 0. The molecule has 0 unspecified atom stereocenters. The highest BCUT2D eigenvalue weighted by molar-refractivity contribution is 6.27. The third-order valence-corrected chi connectivity index (χ3v) is 3.39. The Morgan fingerprint density at radius 2 is 1.38 bits per heavy atom. The van der Waals surface area contributed by atoms with Crippen LogP contribution in [0, 0.1) is 0 Å². The Bertz CT molecular complexity index is 756. The van der Waals surface area contributed by atoms with Gasteiger partial charge in [-0.3, -0.25) is 4.79 Å². The van der Waals surface area contributed by atoms with Crippen LogP contribution in [-0.2, 0) is 14.3 Å². The minimum atomic E-state index is -0.604. The maximum absolute atomic E-state index is 12.7. The number of ketones is 1. The van der Waals surface area contributed by atoms with Crippen LogP contribution in [0.4, 0.5) is 0 Å². The van der Waals surface area contributed by atoms with Crippen LogP contribution in [0.25, 0.3) is 12.2 Å². The number of Topliss-reactive ketones (excluding diaryl/α,β-unsaturated/α-hetero) is 1. The fourth-order valence-electron chi connectivity index (χ4n) is 2.22. The van der Waals surface area contributed by atoms with E-state index in [4.69, 9.17) is 4.74 Å². The highest BCUT2D eigenvalue weighted by Crippen LogP contribution is 2.16. The van der Waals surface area contributed by atoms with Gasteiger partial charge < -0.3 is 4.74 Å². The second-order valence-electron chi connectivity index (χ2n) is 5.26. The molecule has 0 aliphatic carbocycles. The van der Waals surface area contributed by atoms with Gasteiger partial charge in [0, 0.05) is 0 Å². The largest absolute Gasteiger partial charge is 0.462 e. The molecule has 2 aromatic rings. The highest BCUT2D eigenvalue weighted by atomic mass is 16.5. The van der Waals surface area contributed by atoms with Crippen LogP contribution in [0.1, 0.15) is 25.0 Å². The molecule has 0 N–H and O–H groups in total. The van der Waals surface area contributed by atoms with Crippen molar-refractivity contribution >= 4 is 23.9 Å². The van der Waals surface area contributed by atoms with Gasteiger partial charge in [0.05, 0.1) is 6.61 Å². The van der Waals surface area contributed by atoms with Crippen molar-refractivity contribution in [1.82, 2.24) is 0 Å². The molecular weight excluding hydrogens is 300 g/mol. The minimum Gasteiger partial charge on any atom is -0.462 e. The summed E-state index contributed by atoms with van der Waals surface area (Å²) in [5.41, 5.74) is 2.21. The third kappa shape index (κ3) is 4.78. The van der Waals surface area contributed by atoms with E-state index in [9.17, 15) is 9.59 Å². The molecule has 0 spiro atoms. The first-order valence-electron chi connectivity index (χ1n) is 7.83. The lowest BCUT2D eigenvalue weighted by molar-refractivity contribution is -0.139. The summed E-state index contributed by atoms with van der Waals surface area (Å²) in [4.78, 5) is 24.9. The molecule has 2 aromatic carbocycles. The van der Waals surface area contributed by atoms with E-state index in [0.717, 1.165) is 11.1 Å². The van der Waals surface area contributed by atoms with Crippen molar-refractivity contribution in [1.29, 1.82) is 0 Å². The van der Waals surface area contributed by atoms with E-state index in [1.54, 1.807) is 26.0 Å². The maximum atomic E-state index is 12.7. The average molecular weight is 320 g/mol. The molecule has 24 heavy (non-hydrogen) atoms. The smallest absolute Gasteiger partial charge is 0.342 e. The van der Waals surface area contributed by atoms with E-state index in [1.165, 1.54) is 0 Å². The van der Waals surface area contributed by atoms with Crippen LogP contribution >= 0.6 is 0 Å². The van der Waals surface area contributed by atoms with Gasteiger partial charge in [-0.25, -0.2) is 4.79 Å². The molecule has 0 saturated carbocycles. The molecule has 0 radical (unpaired) electrons. The molecule has 0 bridgehead atoms. The van der Waals surface area contributed by atoms with Gasteiger partial charge in [0.25, 0.3) is 0 Å². The second-order valence-corrected chi connectivity index (χ2v) is 5.26. The van der Waals surface area contributed by atoms with E-state index in [1.807, 2.05) is 60.7 Å². The lowest BCUT2D eigenvalue weighted by atomic mass is 10.00. The monoisotopic (exact) mass is 320 g/mol. The van der Waals surface area contributed by atoms with Crippen molar-refractivity contribution in [2.75, 3.05) is 6.61 Å².